The molecule has 1 atom stereocenters. The van der Waals surface area contributed by atoms with Crippen LogP contribution in [0, 0.1) is 0 Å². The smallest absolute Gasteiger partial charge is 0.332 e. The molecule has 3 nitrogen and oxygen atoms in total. The Morgan fingerprint density at radius 1 is 1.55 bits per heavy atom. The number of hydrogen-bond acceptors (Lipinski definition) is 2. The lowest BCUT2D eigenvalue weighted by Crippen LogP contribution is -2.21. The summed E-state index contributed by atoms with van der Waals surface area (Å²) in [4.78, 5) is 10.4. The third-order valence-electron chi connectivity index (χ3n) is 1.63. The van der Waals surface area contributed by atoms with Crippen molar-refractivity contribution in [2.24, 2.45) is 0 Å². The third kappa shape index (κ3) is 4.79. The van der Waals surface area contributed by atoms with Crippen LogP contribution in [0.4, 0.5) is 0 Å². The molecule has 0 saturated carbocycles. The van der Waals surface area contributed by atoms with Gasteiger partial charge in [0.1, 0.15) is 0 Å². The average Bonchev–Trinajstić information content (AvgIpc) is 1.97. The molecule has 0 rings (SSSR count). The average molecular weight is 160 g/mol. The molecular weight excluding hydrogens is 144 g/mol. The molecule has 1 N–H and O–H groups in total. The summed E-state index contributed by atoms with van der Waals surface area (Å²) < 4.78 is 4.76. The summed E-state index contributed by atoms with van der Waals surface area (Å²) in [7, 11) is 1.44. The van der Waals surface area contributed by atoms with Gasteiger partial charge in [-0.2, -0.15) is 0 Å². The van der Waals surface area contributed by atoms with Crippen LogP contribution in [-0.4, -0.2) is 24.3 Å². The molecule has 0 aromatic carbocycles. The Bertz CT molecular complexity index is 112. The number of carbonyl (C=O) groups is 1. The molecule has 0 spiro atoms. The van der Waals surface area contributed by atoms with E-state index in [1.54, 1.807) is 0 Å². The number of ether oxygens (including phenoxy) is 1. The predicted octanol–water partition coefficient (Wildman–Crippen LogP) is 1.67. The maximum atomic E-state index is 10.4. The second-order valence-electron chi connectivity index (χ2n) is 2.56. The fourth-order valence-electron chi connectivity index (χ4n) is 0.922. The first-order chi connectivity index (χ1) is 5.22. The maximum Gasteiger partial charge on any atom is 0.332 e. The van der Waals surface area contributed by atoms with Gasteiger partial charge in [-0.05, 0) is 6.42 Å². The Hall–Kier alpha value is -0.570. The number of rotatable bonds is 6. The zero-order valence-corrected chi connectivity index (χ0v) is 7.17. The molecule has 0 radical (unpaired) electrons. The third-order valence-corrected chi connectivity index (χ3v) is 1.63. The number of carboxylic acids is 1. The lowest BCUT2D eigenvalue weighted by molar-refractivity contribution is -0.148. The number of hydrogen-bond donors (Lipinski definition) is 1. The second-order valence-corrected chi connectivity index (χ2v) is 2.56. The molecule has 0 unspecified atom stereocenters. The van der Waals surface area contributed by atoms with Gasteiger partial charge in [0.15, 0.2) is 6.10 Å². The van der Waals surface area contributed by atoms with Gasteiger partial charge in [0.05, 0.1) is 0 Å². The van der Waals surface area contributed by atoms with Crippen molar-refractivity contribution < 1.29 is 14.6 Å². The summed E-state index contributed by atoms with van der Waals surface area (Å²) in [6.07, 6.45) is 3.13. The van der Waals surface area contributed by atoms with E-state index in [4.69, 9.17) is 9.84 Å². The van der Waals surface area contributed by atoms with E-state index in [0.717, 1.165) is 19.3 Å². The molecule has 0 amide bonds. The van der Waals surface area contributed by atoms with Crippen LogP contribution in [0.2, 0.25) is 0 Å². The SMILES string of the molecule is CCCCC[C@@H](OC)C(=O)O. The van der Waals surface area contributed by atoms with E-state index in [9.17, 15) is 4.79 Å². The molecular formula is C8H16O3. The number of unbranched alkanes of at least 4 members (excludes halogenated alkanes) is 2. The van der Waals surface area contributed by atoms with E-state index in [0.29, 0.717) is 6.42 Å². The maximum absolute atomic E-state index is 10.4. The fraction of sp³-hybridized carbons (Fsp3) is 0.875. The van der Waals surface area contributed by atoms with Crippen LogP contribution in [0.5, 0.6) is 0 Å². The molecule has 0 fully saturated rings. The Balaban J connectivity index is 3.44. The van der Waals surface area contributed by atoms with Crippen molar-refractivity contribution in [1.29, 1.82) is 0 Å². The van der Waals surface area contributed by atoms with E-state index in [2.05, 4.69) is 6.92 Å². The highest BCUT2D eigenvalue weighted by molar-refractivity contribution is 5.72. The molecule has 0 aromatic rings. The highest BCUT2D eigenvalue weighted by atomic mass is 16.5. The van der Waals surface area contributed by atoms with Gasteiger partial charge in [0.25, 0.3) is 0 Å². The first kappa shape index (κ1) is 10.4. The molecule has 0 heterocycles. The number of methoxy groups -OCH3 is 1. The molecule has 0 aliphatic heterocycles. The largest absolute Gasteiger partial charge is 0.479 e. The van der Waals surface area contributed by atoms with Gasteiger partial charge in [0, 0.05) is 7.11 Å². The molecule has 0 saturated heterocycles. The minimum absolute atomic E-state index is 0.610. The van der Waals surface area contributed by atoms with Gasteiger partial charge in [0.2, 0.25) is 0 Å². The summed E-state index contributed by atoms with van der Waals surface area (Å²) >= 11 is 0. The summed E-state index contributed by atoms with van der Waals surface area (Å²) in [6.45, 7) is 2.09. The van der Waals surface area contributed by atoms with Crippen molar-refractivity contribution >= 4 is 5.97 Å². The second kappa shape index (κ2) is 6.16. The van der Waals surface area contributed by atoms with Gasteiger partial charge < -0.3 is 9.84 Å². The van der Waals surface area contributed by atoms with Crippen LogP contribution >= 0.6 is 0 Å². The van der Waals surface area contributed by atoms with Crippen LogP contribution in [0.1, 0.15) is 32.6 Å². The van der Waals surface area contributed by atoms with Crippen molar-refractivity contribution in [1.82, 2.24) is 0 Å². The summed E-state index contributed by atoms with van der Waals surface area (Å²) in [6, 6.07) is 0. The van der Waals surface area contributed by atoms with Crippen LogP contribution in [0.3, 0.4) is 0 Å². The molecule has 66 valence electrons. The van der Waals surface area contributed by atoms with Gasteiger partial charge in [-0.15, -0.1) is 0 Å². The number of aliphatic carboxylic acids is 1. The molecule has 0 bridgehead atoms. The van der Waals surface area contributed by atoms with E-state index in [-0.39, 0.29) is 0 Å². The van der Waals surface area contributed by atoms with E-state index < -0.39 is 12.1 Å². The van der Waals surface area contributed by atoms with Crippen molar-refractivity contribution in [2.75, 3.05) is 7.11 Å². The fourth-order valence-corrected chi connectivity index (χ4v) is 0.922. The normalized spacial score (nSPS) is 12.9. The molecule has 0 aliphatic rings. The zero-order valence-electron chi connectivity index (χ0n) is 7.17. The van der Waals surface area contributed by atoms with Crippen LogP contribution < -0.4 is 0 Å². The monoisotopic (exact) mass is 160 g/mol. The Morgan fingerprint density at radius 2 is 2.18 bits per heavy atom. The van der Waals surface area contributed by atoms with Gasteiger partial charge in [-0.25, -0.2) is 4.79 Å². The van der Waals surface area contributed by atoms with Crippen molar-refractivity contribution in [3.8, 4) is 0 Å². The summed E-state index contributed by atoms with van der Waals surface area (Å²) in [5, 5.41) is 8.55. The first-order valence-electron chi connectivity index (χ1n) is 3.98. The quantitative estimate of drug-likeness (QED) is 0.601. The van der Waals surface area contributed by atoms with Gasteiger partial charge in [-0.1, -0.05) is 26.2 Å². The zero-order chi connectivity index (χ0) is 8.69. The lowest BCUT2D eigenvalue weighted by Gasteiger charge is -2.08. The van der Waals surface area contributed by atoms with E-state index in [1.165, 1.54) is 7.11 Å². The van der Waals surface area contributed by atoms with Crippen molar-refractivity contribution in [3.63, 3.8) is 0 Å². The van der Waals surface area contributed by atoms with E-state index in [1.807, 2.05) is 0 Å². The van der Waals surface area contributed by atoms with Gasteiger partial charge >= 0.3 is 5.97 Å². The topological polar surface area (TPSA) is 46.5 Å². The predicted molar refractivity (Wildman–Crippen MR) is 42.6 cm³/mol. The highest BCUT2D eigenvalue weighted by Gasteiger charge is 2.14. The lowest BCUT2D eigenvalue weighted by atomic mass is 10.1. The summed E-state index contributed by atoms with van der Waals surface area (Å²) in [5.41, 5.74) is 0. The minimum Gasteiger partial charge on any atom is -0.479 e. The van der Waals surface area contributed by atoms with Crippen LogP contribution in [0.15, 0.2) is 0 Å². The van der Waals surface area contributed by atoms with Crippen LogP contribution in [0.25, 0.3) is 0 Å². The Labute approximate surface area is 67.4 Å². The van der Waals surface area contributed by atoms with Crippen molar-refractivity contribution in [3.05, 3.63) is 0 Å². The Kier molecular flexibility index (Phi) is 5.84. The summed E-state index contributed by atoms with van der Waals surface area (Å²) in [5.74, 6) is -0.858. The molecule has 11 heavy (non-hydrogen) atoms. The molecule has 0 aliphatic carbocycles. The molecule has 3 heteroatoms. The molecule has 0 aromatic heterocycles. The van der Waals surface area contributed by atoms with Gasteiger partial charge in [-0.3, -0.25) is 0 Å². The first-order valence-corrected chi connectivity index (χ1v) is 3.98. The van der Waals surface area contributed by atoms with Crippen LogP contribution in [-0.2, 0) is 9.53 Å². The minimum atomic E-state index is -0.858. The number of carboxylic acid groups (broad SMARTS) is 1. The standard InChI is InChI=1S/C8H16O3/c1-3-4-5-6-7(11-2)8(9)10/h7H,3-6H2,1-2H3,(H,9,10)/t7-/m1/s1. The van der Waals surface area contributed by atoms with Crippen molar-refractivity contribution in [2.45, 2.75) is 38.7 Å². The Morgan fingerprint density at radius 3 is 2.55 bits per heavy atom. The van der Waals surface area contributed by atoms with E-state index >= 15 is 0 Å². The highest BCUT2D eigenvalue weighted by Crippen LogP contribution is 2.05.